The summed E-state index contributed by atoms with van der Waals surface area (Å²) in [6.45, 7) is 6.47. The van der Waals surface area contributed by atoms with E-state index < -0.39 is 21.7 Å². The fraction of sp³-hybridized carbons (Fsp3) is 0.611. The fourth-order valence-electron chi connectivity index (χ4n) is 3.75. The first-order valence-electron chi connectivity index (χ1n) is 8.60. The van der Waals surface area contributed by atoms with E-state index in [1.165, 1.54) is 24.3 Å². The molecule has 5 nitrogen and oxygen atoms in total. The second-order valence-corrected chi connectivity index (χ2v) is 9.68. The molecule has 0 heterocycles. The van der Waals surface area contributed by atoms with Crippen LogP contribution in [0.3, 0.4) is 0 Å². The van der Waals surface area contributed by atoms with Crippen LogP contribution in [0.5, 0.6) is 0 Å². The maximum Gasteiger partial charge on any atom is 0.251 e. The van der Waals surface area contributed by atoms with E-state index in [-0.39, 0.29) is 23.8 Å². The summed E-state index contributed by atoms with van der Waals surface area (Å²) in [5, 5.41) is 2.56. The van der Waals surface area contributed by atoms with Crippen LogP contribution in [-0.4, -0.2) is 32.7 Å². The van der Waals surface area contributed by atoms with Crippen LogP contribution in [0.25, 0.3) is 0 Å². The average Bonchev–Trinajstić information content (AvgIpc) is 2.44. The maximum atomic E-state index is 12.8. The number of sulfonamides is 1. The quantitative estimate of drug-likeness (QED) is 0.808. The molecule has 2 rings (SSSR count). The van der Waals surface area contributed by atoms with Crippen molar-refractivity contribution in [1.82, 2.24) is 10.0 Å². The van der Waals surface area contributed by atoms with Crippen LogP contribution in [0.15, 0.2) is 24.3 Å². The molecule has 0 radical (unpaired) electrons. The molecule has 0 aliphatic heterocycles. The van der Waals surface area contributed by atoms with Crippen LogP contribution >= 0.6 is 0 Å². The molecule has 0 aromatic heterocycles. The first-order chi connectivity index (χ1) is 11.6. The highest BCUT2D eigenvalue weighted by molar-refractivity contribution is 7.89. The predicted molar refractivity (Wildman–Crippen MR) is 96.2 cm³/mol. The van der Waals surface area contributed by atoms with Gasteiger partial charge in [-0.15, -0.1) is 0 Å². The summed E-state index contributed by atoms with van der Waals surface area (Å²) in [7, 11) is -3.46. The Hall–Kier alpha value is -1.47. The van der Waals surface area contributed by atoms with Crippen molar-refractivity contribution in [3.05, 3.63) is 35.6 Å². The molecule has 1 aromatic carbocycles. The lowest BCUT2D eigenvalue weighted by atomic mass is 9.71. The predicted octanol–water partition coefficient (Wildman–Crippen LogP) is 2.69. The van der Waals surface area contributed by atoms with Gasteiger partial charge in [-0.3, -0.25) is 4.79 Å². The third-order valence-electron chi connectivity index (χ3n) is 4.50. The summed E-state index contributed by atoms with van der Waals surface area (Å²) < 4.78 is 40.2. The van der Waals surface area contributed by atoms with Crippen molar-refractivity contribution >= 4 is 15.9 Å². The molecule has 25 heavy (non-hydrogen) atoms. The molecule has 1 aliphatic rings. The minimum atomic E-state index is -3.46. The van der Waals surface area contributed by atoms with Gasteiger partial charge in [0.05, 0.1) is 5.75 Å². The molecular weight excluding hydrogens is 343 g/mol. The topological polar surface area (TPSA) is 75.3 Å². The summed E-state index contributed by atoms with van der Waals surface area (Å²) in [5.74, 6) is -0.532. The minimum Gasteiger partial charge on any atom is -0.351 e. The Morgan fingerprint density at radius 3 is 2.48 bits per heavy atom. The fourth-order valence-corrected chi connectivity index (χ4v) is 4.93. The molecule has 7 heteroatoms. The van der Waals surface area contributed by atoms with Crippen molar-refractivity contribution in [3.8, 4) is 0 Å². The number of hydrogen-bond acceptors (Lipinski definition) is 3. The van der Waals surface area contributed by atoms with Gasteiger partial charge < -0.3 is 5.32 Å². The lowest BCUT2D eigenvalue weighted by Gasteiger charge is -2.39. The molecule has 140 valence electrons. The number of halogens is 1. The number of rotatable bonds is 6. The van der Waals surface area contributed by atoms with Gasteiger partial charge in [-0.2, -0.15) is 0 Å². The van der Waals surface area contributed by atoms with Crippen LogP contribution in [0.2, 0.25) is 0 Å². The van der Waals surface area contributed by atoms with Crippen LogP contribution in [0.4, 0.5) is 4.39 Å². The molecule has 1 aromatic rings. The van der Waals surface area contributed by atoms with E-state index in [4.69, 9.17) is 0 Å². The van der Waals surface area contributed by atoms with Crippen molar-refractivity contribution in [3.63, 3.8) is 0 Å². The lowest BCUT2D eigenvalue weighted by Crippen LogP contribution is -2.45. The Morgan fingerprint density at radius 1 is 1.24 bits per heavy atom. The van der Waals surface area contributed by atoms with Gasteiger partial charge in [0.25, 0.3) is 5.91 Å². The largest absolute Gasteiger partial charge is 0.351 e. The molecule has 0 saturated heterocycles. The zero-order valence-corrected chi connectivity index (χ0v) is 15.8. The molecular formula is C18H27FN2O3S. The Balaban J connectivity index is 1.83. The van der Waals surface area contributed by atoms with E-state index in [9.17, 15) is 17.6 Å². The zero-order chi connectivity index (χ0) is 18.7. The highest BCUT2D eigenvalue weighted by Crippen LogP contribution is 2.38. The van der Waals surface area contributed by atoms with Crippen molar-refractivity contribution < 1.29 is 17.6 Å². The van der Waals surface area contributed by atoms with Gasteiger partial charge in [0.1, 0.15) is 5.82 Å². The van der Waals surface area contributed by atoms with E-state index in [0.717, 1.165) is 19.3 Å². The maximum absolute atomic E-state index is 12.8. The monoisotopic (exact) mass is 370 g/mol. The van der Waals surface area contributed by atoms with Gasteiger partial charge in [-0.25, -0.2) is 17.5 Å². The summed E-state index contributed by atoms with van der Waals surface area (Å²) in [4.78, 5) is 11.9. The molecule has 1 fully saturated rings. The smallest absolute Gasteiger partial charge is 0.251 e. The van der Waals surface area contributed by atoms with E-state index >= 15 is 0 Å². The molecule has 1 amide bonds. The van der Waals surface area contributed by atoms with E-state index in [2.05, 4.69) is 30.8 Å². The van der Waals surface area contributed by atoms with Gasteiger partial charge in [-0.1, -0.05) is 20.8 Å². The number of benzene rings is 1. The minimum absolute atomic E-state index is 0.0111. The summed E-state index contributed by atoms with van der Waals surface area (Å²) >= 11 is 0. The normalized spacial score (nSPS) is 23.2. The Kier molecular flexibility index (Phi) is 6.21. The van der Waals surface area contributed by atoms with Gasteiger partial charge in [-0.05, 0) is 54.9 Å². The van der Waals surface area contributed by atoms with Crippen molar-refractivity contribution in [2.24, 2.45) is 11.3 Å². The van der Waals surface area contributed by atoms with Crippen LogP contribution in [-0.2, 0) is 10.0 Å². The van der Waals surface area contributed by atoms with Crippen LogP contribution in [0.1, 0.15) is 50.4 Å². The summed E-state index contributed by atoms with van der Waals surface area (Å²) in [6, 6.07) is 5.06. The highest BCUT2D eigenvalue weighted by Gasteiger charge is 2.33. The van der Waals surface area contributed by atoms with Crippen molar-refractivity contribution in [2.75, 3.05) is 12.3 Å². The van der Waals surface area contributed by atoms with Crippen LogP contribution < -0.4 is 10.0 Å². The summed E-state index contributed by atoms with van der Waals surface area (Å²) in [6.07, 6.45) is 2.75. The van der Waals surface area contributed by atoms with E-state index in [1.54, 1.807) is 0 Å². The molecule has 2 atom stereocenters. The Bertz CT molecular complexity index is 702. The third-order valence-corrected chi connectivity index (χ3v) is 5.93. The Labute approximate surface area is 149 Å². The number of carbonyl (C=O) groups excluding carboxylic acids is 1. The Morgan fingerprint density at radius 2 is 1.88 bits per heavy atom. The van der Waals surface area contributed by atoms with Crippen molar-refractivity contribution in [1.29, 1.82) is 0 Å². The second kappa shape index (κ2) is 7.83. The third kappa shape index (κ3) is 6.40. The second-order valence-electron chi connectivity index (χ2n) is 7.81. The summed E-state index contributed by atoms with van der Waals surface area (Å²) in [5.41, 5.74) is 0.427. The number of amides is 1. The molecule has 1 saturated carbocycles. The molecule has 0 unspecified atom stereocenters. The van der Waals surface area contributed by atoms with Crippen molar-refractivity contribution in [2.45, 2.75) is 46.1 Å². The van der Waals surface area contributed by atoms with E-state index in [1.807, 2.05) is 0 Å². The lowest BCUT2D eigenvalue weighted by molar-refractivity contribution is 0.0956. The number of nitrogens with one attached hydrogen (secondary N) is 2. The van der Waals surface area contributed by atoms with E-state index in [0.29, 0.717) is 11.5 Å². The highest BCUT2D eigenvalue weighted by atomic mass is 32.2. The molecule has 0 bridgehead atoms. The number of carbonyl (C=O) groups is 1. The molecule has 2 N–H and O–H groups in total. The van der Waals surface area contributed by atoms with Gasteiger partial charge in [0.2, 0.25) is 10.0 Å². The van der Waals surface area contributed by atoms with Gasteiger partial charge in [0.15, 0.2) is 0 Å². The SMILES string of the molecule is C[C@@H]1C[C@@H](NS(=O)(=O)CCNC(=O)c2ccc(F)cc2)CC(C)(C)C1. The molecule has 1 aliphatic carbocycles. The first-order valence-corrected chi connectivity index (χ1v) is 10.3. The zero-order valence-electron chi connectivity index (χ0n) is 15.0. The first kappa shape index (κ1) is 19.8. The average molecular weight is 370 g/mol. The standard InChI is InChI=1S/C18H27FN2O3S/c1-13-10-16(12-18(2,3)11-13)21-25(23,24)9-8-20-17(22)14-4-6-15(19)7-5-14/h4-7,13,16,21H,8-12H2,1-3H3,(H,20,22)/t13-,16-/m1/s1. The number of hydrogen-bond donors (Lipinski definition) is 2. The molecule has 0 spiro atoms. The van der Waals surface area contributed by atoms with Gasteiger partial charge in [0, 0.05) is 18.2 Å². The van der Waals surface area contributed by atoms with Crippen LogP contribution in [0, 0.1) is 17.2 Å². The van der Waals surface area contributed by atoms with Gasteiger partial charge >= 0.3 is 0 Å².